The van der Waals surface area contributed by atoms with Gasteiger partial charge in [0.05, 0.1) is 0 Å². The number of rotatable bonds is 2. The molecule has 0 heterocycles. The molecular weight excluding hydrogens is 60.1 g/mol. The van der Waals surface area contributed by atoms with Gasteiger partial charge < -0.3 is 0 Å². The van der Waals surface area contributed by atoms with E-state index in [1.54, 1.807) is 0 Å². The summed E-state index contributed by atoms with van der Waals surface area (Å²) in [5, 5.41) is 0. The Bertz CT molecular complexity index is 25.3. The minimum absolute atomic E-state index is 0.528. The summed E-state index contributed by atoms with van der Waals surface area (Å²) in [5.41, 5.74) is 0. The van der Waals surface area contributed by atoms with Crippen molar-refractivity contribution in [1.29, 1.82) is 0 Å². The molecular formula is C5H12. The minimum Gasteiger partial charge on any atom is -0.0654 e. The van der Waals surface area contributed by atoms with Gasteiger partial charge in [-0.2, -0.15) is 0 Å². The average Bonchev–Trinajstić information content (AvgIpc) is 1.69. The van der Waals surface area contributed by atoms with E-state index in [1.807, 2.05) is 0 Å². The Labute approximate surface area is 37.0 Å². The van der Waals surface area contributed by atoms with E-state index in [0.717, 1.165) is 19.3 Å². The van der Waals surface area contributed by atoms with E-state index >= 15 is 0 Å². The Hall–Kier alpha value is 0. The van der Waals surface area contributed by atoms with E-state index in [9.17, 15) is 0 Å². The third-order valence-electron chi connectivity index (χ3n) is 0.500. The van der Waals surface area contributed by atoms with Gasteiger partial charge in [-0.25, -0.2) is 0 Å². The molecule has 0 aromatic carbocycles. The highest BCUT2D eigenvalue weighted by Gasteiger charge is 1.68. The minimum atomic E-state index is 0.528. The maximum Gasteiger partial charge on any atom is 0.0230 e. The van der Waals surface area contributed by atoms with Crippen LogP contribution in [0.5, 0.6) is 0 Å². The van der Waals surface area contributed by atoms with Crippen LogP contribution < -0.4 is 0 Å². The van der Waals surface area contributed by atoms with Crippen molar-refractivity contribution >= 4 is 0 Å². The molecule has 0 aliphatic heterocycles. The van der Waals surface area contributed by atoms with Crippen LogP contribution in [0.25, 0.3) is 0 Å². The molecule has 0 spiro atoms. The first-order chi connectivity index (χ1) is 3.41. The Kier molecular flexibility index (Phi) is 1.78. The lowest BCUT2D eigenvalue weighted by molar-refractivity contribution is 0.772. The summed E-state index contributed by atoms with van der Waals surface area (Å²) in [6, 6.07) is 0. The molecule has 0 N–H and O–H groups in total. The summed E-state index contributed by atoms with van der Waals surface area (Å²) in [4.78, 5) is 0. The Morgan fingerprint density at radius 1 is 1.40 bits per heavy atom. The number of hydrogen-bond acceptors (Lipinski definition) is 0. The van der Waals surface area contributed by atoms with Gasteiger partial charge in [0.1, 0.15) is 0 Å². The SMILES string of the molecule is [3H]CCCCC[3H]. The topological polar surface area (TPSA) is 0 Å². The summed E-state index contributed by atoms with van der Waals surface area (Å²) in [6.07, 6.45) is 3.00. The summed E-state index contributed by atoms with van der Waals surface area (Å²) in [7, 11) is 0. The van der Waals surface area contributed by atoms with Crippen LogP contribution in [0.2, 0.25) is 0 Å². The van der Waals surface area contributed by atoms with Crippen LogP contribution in [0, 0.1) is 0 Å². The van der Waals surface area contributed by atoms with Gasteiger partial charge in [0.2, 0.25) is 0 Å². The second kappa shape index (κ2) is 4.00. The Morgan fingerprint density at radius 3 is 2.40 bits per heavy atom. The largest absolute Gasteiger partial charge is 0.0654 e. The van der Waals surface area contributed by atoms with Crippen molar-refractivity contribution in [3.8, 4) is 0 Å². The maximum atomic E-state index is 6.72. The van der Waals surface area contributed by atoms with Crippen LogP contribution in [-0.2, 0) is 0 Å². The lowest BCUT2D eigenvalue weighted by Crippen LogP contribution is -1.59. The molecule has 0 fully saturated rings. The number of hydrogen-bond donors (Lipinski definition) is 0. The van der Waals surface area contributed by atoms with E-state index in [1.165, 1.54) is 0 Å². The molecule has 0 aliphatic rings. The number of unbranched alkanes of at least 4 members (excludes halogenated alkanes) is 2. The van der Waals surface area contributed by atoms with Gasteiger partial charge in [0.25, 0.3) is 0 Å². The smallest absolute Gasteiger partial charge is 0.0230 e. The van der Waals surface area contributed by atoms with Crippen molar-refractivity contribution in [1.82, 2.24) is 0 Å². The van der Waals surface area contributed by atoms with Crippen molar-refractivity contribution in [2.45, 2.75) is 33.1 Å². The fourth-order valence-corrected chi connectivity index (χ4v) is 0.177. The Morgan fingerprint density at radius 2 is 2.00 bits per heavy atom. The third kappa shape index (κ3) is 4.00. The zero-order chi connectivity index (χ0) is 5.54. The monoisotopic (exact) mass is 76.1 g/mol. The van der Waals surface area contributed by atoms with Crippen molar-refractivity contribution in [3.05, 3.63) is 0 Å². The standard InChI is InChI=1S/C5H12/c1-3-5-4-2/h3-5H2,1-2H3/i1T,2T. The van der Waals surface area contributed by atoms with Gasteiger partial charge in [-0.1, -0.05) is 33.1 Å². The lowest BCUT2D eigenvalue weighted by atomic mass is 10.3. The quantitative estimate of drug-likeness (QED) is 0.442. The fraction of sp³-hybridized carbons (Fsp3) is 1.00. The van der Waals surface area contributed by atoms with Crippen LogP contribution in [0.15, 0.2) is 0 Å². The second-order valence-electron chi connectivity index (χ2n) is 1.06. The summed E-state index contributed by atoms with van der Waals surface area (Å²) >= 11 is 0. The van der Waals surface area contributed by atoms with Crippen molar-refractivity contribution in [2.75, 3.05) is 0 Å². The van der Waals surface area contributed by atoms with Crippen LogP contribution >= 0.6 is 0 Å². The first-order valence-electron chi connectivity index (χ1n) is 3.41. The molecule has 0 aliphatic carbocycles. The van der Waals surface area contributed by atoms with E-state index < -0.39 is 0 Å². The Balaban J connectivity index is 2.45. The first-order valence-corrected chi connectivity index (χ1v) is 2.00. The molecule has 0 unspecified atom stereocenters. The van der Waals surface area contributed by atoms with E-state index in [0.29, 0.717) is 13.8 Å². The summed E-state index contributed by atoms with van der Waals surface area (Å²) in [6.45, 7) is 1.06. The highest BCUT2D eigenvalue weighted by Crippen LogP contribution is 1.88. The van der Waals surface area contributed by atoms with E-state index in [2.05, 4.69) is 0 Å². The van der Waals surface area contributed by atoms with Gasteiger partial charge in [-0.05, 0) is 0 Å². The predicted molar refractivity (Wildman–Crippen MR) is 25.2 cm³/mol. The maximum absolute atomic E-state index is 6.72. The molecule has 0 heteroatoms. The van der Waals surface area contributed by atoms with Gasteiger partial charge >= 0.3 is 0 Å². The molecule has 0 saturated heterocycles. The molecule has 0 nitrogen and oxygen atoms in total. The fourth-order valence-electron chi connectivity index (χ4n) is 0.177. The van der Waals surface area contributed by atoms with E-state index in [4.69, 9.17) is 2.74 Å². The molecule has 0 aromatic rings. The predicted octanol–water partition coefficient (Wildman–Crippen LogP) is 2.20. The van der Waals surface area contributed by atoms with Crippen molar-refractivity contribution < 1.29 is 2.74 Å². The molecule has 0 rings (SSSR count). The lowest BCUT2D eigenvalue weighted by Gasteiger charge is -1.79. The zero-order valence-electron chi connectivity index (χ0n) is 5.54. The highest BCUT2D eigenvalue weighted by molar-refractivity contribution is 4.24. The van der Waals surface area contributed by atoms with Crippen molar-refractivity contribution in [2.24, 2.45) is 0 Å². The van der Waals surface area contributed by atoms with Gasteiger partial charge in [0, 0.05) is 2.74 Å². The van der Waals surface area contributed by atoms with Gasteiger partial charge in [0.15, 0.2) is 0 Å². The molecule has 0 aromatic heterocycles. The van der Waals surface area contributed by atoms with E-state index in [-0.39, 0.29) is 0 Å². The first kappa shape index (κ1) is 2.22. The second-order valence-corrected chi connectivity index (χ2v) is 1.06. The average molecular weight is 76.2 g/mol. The van der Waals surface area contributed by atoms with Gasteiger partial charge in [-0.15, -0.1) is 0 Å². The van der Waals surface area contributed by atoms with Crippen molar-refractivity contribution in [3.63, 3.8) is 0 Å². The normalized spacial score (nSPS) is 13.6. The molecule has 32 valence electrons. The molecule has 0 amide bonds. The molecule has 0 atom stereocenters. The van der Waals surface area contributed by atoms with Crippen LogP contribution in [-0.4, -0.2) is 0 Å². The summed E-state index contributed by atoms with van der Waals surface area (Å²) in [5.74, 6) is 0. The van der Waals surface area contributed by atoms with Crippen LogP contribution in [0.1, 0.15) is 35.8 Å². The highest BCUT2D eigenvalue weighted by atomic mass is 13.7. The molecule has 0 saturated carbocycles. The molecule has 0 bridgehead atoms. The summed E-state index contributed by atoms with van der Waals surface area (Å²) < 4.78 is 13.4. The third-order valence-corrected chi connectivity index (χ3v) is 0.500. The molecule has 0 radical (unpaired) electrons. The van der Waals surface area contributed by atoms with Crippen LogP contribution in [0.4, 0.5) is 0 Å². The van der Waals surface area contributed by atoms with Crippen LogP contribution in [0.3, 0.4) is 0 Å². The zero-order valence-corrected chi connectivity index (χ0v) is 3.54. The van der Waals surface area contributed by atoms with Gasteiger partial charge in [-0.3, -0.25) is 0 Å². The molecule has 5 heavy (non-hydrogen) atoms.